The number of aliphatic hydroxyl groups excluding tert-OH is 1. The first-order valence-electron chi connectivity index (χ1n) is 12.0. The van der Waals surface area contributed by atoms with Crippen molar-refractivity contribution in [2.24, 2.45) is 5.92 Å². The predicted molar refractivity (Wildman–Crippen MR) is 136 cm³/mol. The highest BCUT2D eigenvalue weighted by atomic mass is 19.1. The van der Waals surface area contributed by atoms with Gasteiger partial charge in [0.2, 0.25) is 5.95 Å². The van der Waals surface area contributed by atoms with Crippen molar-refractivity contribution in [1.29, 1.82) is 5.26 Å². The number of nitrogens with one attached hydrogen (secondary N) is 1. The van der Waals surface area contributed by atoms with Gasteiger partial charge in [0.15, 0.2) is 6.19 Å². The molecule has 0 bridgehead atoms. The van der Waals surface area contributed by atoms with Crippen LogP contribution in [0.3, 0.4) is 0 Å². The van der Waals surface area contributed by atoms with E-state index in [2.05, 4.69) is 27.3 Å². The first-order valence-corrected chi connectivity index (χ1v) is 12.0. The van der Waals surface area contributed by atoms with Crippen LogP contribution in [0.1, 0.15) is 22.7 Å². The lowest BCUT2D eigenvalue weighted by Crippen LogP contribution is -2.23. The molecule has 3 aliphatic rings. The van der Waals surface area contributed by atoms with Crippen molar-refractivity contribution >= 4 is 28.6 Å². The van der Waals surface area contributed by atoms with E-state index in [-0.39, 0.29) is 23.9 Å². The number of rotatable bonds is 3. The Labute approximate surface area is 208 Å². The van der Waals surface area contributed by atoms with Gasteiger partial charge in [-0.1, -0.05) is 42.5 Å². The SMILES string of the molecule is CN1C[C@H](O)[C@@H](n2c(NC#N)nc3cc(/C=C4\c5ccccc5COC5C=C(F)C=CC45)ccc32)C1. The number of aliphatic hydroxyl groups is 1. The van der Waals surface area contributed by atoms with Crippen molar-refractivity contribution in [1.82, 2.24) is 14.5 Å². The average Bonchev–Trinajstić information content (AvgIpc) is 3.34. The van der Waals surface area contributed by atoms with E-state index in [4.69, 9.17) is 4.74 Å². The molecule has 2 N–H and O–H groups in total. The Morgan fingerprint density at radius 1 is 1.25 bits per heavy atom. The molecule has 7 nitrogen and oxygen atoms in total. The molecule has 1 aliphatic carbocycles. The molecule has 8 heteroatoms. The van der Waals surface area contributed by atoms with Gasteiger partial charge in [0.25, 0.3) is 0 Å². The number of nitriles is 1. The Balaban J connectivity index is 1.46. The molecular formula is C28H26FN5O2. The summed E-state index contributed by atoms with van der Waals surface area (Å²) in [5, 5.41) is 22.6. The van der Waals surface area contributed by atoms with E-state index in [0.717, 1.165) is 33.3 Å². The molecule has 0 spiro atoms. The summed E-state index contributed by atoms with van der Waals surface area (Å²) in [7, 11) is 1.96. The van der Waals surface area contributed by atoms with E-state index in [1.54, 1.807) is 6.08 Å². The number of anilines is 1. The van der Waals surface area contributed by atoms with Crippen molar-refractivity contribution < 1.29 is 14.2 Å². The summed E-state index contributed by atoms with van der Waals surface area (Å²) in [4.78, 5) is 6.75. The summed E-state index contributed by atoms with van der Waals surface area (Å²) >= 11 is 0. The molecule has 3 aromatic rings. The van der Waals surface area contributed by atoms with Crippen LogP contribution in [-0.4, -0.2) is 51.9 Å². The van der Waals surface area contributed by atoms with E-state index in [0.29, 0.717) is 25.6 Å². The average molecular weight is 484 g/mol. The number of ether oxygens (including phenoxy) is 1. The standard InChI is InChI=1S/C28H26FN5O2/c1-33-13-25(26(35)14-33)34-24-9-6-17(11-23(24)32-28(34)31-16-30)10-22-20-5-3-2-4-18(20)15-36-27-12-19(29)7-8-21(22)27/h2-12,21,25-27,35H,13-15H2,1H3,(H,31,32)/b22-10+/t21?,25-,26-,27?/m0/s1. The third kappa shape index (κ3) is 3.91. The third-order valence-electron chi connectivity index (χ3n) is 7.24. The third-order valence-corrected chi connectivity index (χ3v) is 7.24. The number of likely N-dealkylation sites (tertiary alicyclic amines) is 1. The van der Waals surface area contributed by atoms with Crippen molar-refractivity contribution in [2.75, 3.05) is 25.5 Å². The smallest absolute Gasteiger partial charge is 0.217 e. The quantitative estimate of drug-likeness (QED) is 0.428. The van der Waals surface area contributed by atoms with Crippen LogP contribution in [0.4, 0.5) is 10.3 Å². The van der Waals surface area contributed by atoms with E-state index in [1.165, 1.54) is 6.08 Å². The van der Waals surface area contributed by atoms with Crippen LogP contribution >= 0.6 is 0 Å². The van der Waals surface area contributed by atoms with Crippen LogP contribution in [0, 0.1) is 17.4 Å². The number of benzene rings is 2. The van der Waals surface area contributed by atoms with Crippen LogP contribution in [0.15, 0.2) is 66.5 Å². The van der Waals surface area contributed by atoms with Crippen LogP contribution in [0.5, 0.6) is 0 Å². The van der Waals surface area contributed by atoms with E-state index < -0.39 is 6.10 Å². The second-order valence-corrected chi connectivity index (χ2v) is 9.62. The number of imidazole rings is 1. The number of hydrogen-bond acceptors (Lipinski definition) is 6. The summed E-state index contributed by atoms with van der Waals surface area (Å²) in [6.45, 7) is 1.64. The Morgan fingerprint density at radius 3 is 2.92 bits per heavy atom. The topological polar surface area (TPSA) is 86.3 Å². The van der Waals surface area contributed by atoms with Gasteiger partial charge < -0.3 is 19.3 Å². The monoisotopic (exact) mass is 483 g/mol. The lowest BCUT2D eigenvalue weighted by atomic mass is 9.83. The molecule has 1 aromatic heterocycles. The highest BCUT2D eigenvalue weighted by molar-refractivity contribution is 5.89. The number of hydrogen-bond donors (Lipinski definition) is 2. The zero-order valence-corrected chi connectivity index (χ0v) is 19.8. The Morgan fingerprint density at radius 2 is 2.11 bits per heavy atom. The molecule has 2 aromatic carbocycles. The van der Waals surface area contributed by atoms with Gasteiger partial charge in [-0.2, -0.15) is 5.26 Å². The zero-order valence-electron chi connectivity index (χ0n) is 19.8. The fraction of sp³-hybridized carbons (Fsp3) is 0.286. The molecule has 36 heavy (non-hydrogen) atoms. The summed E-state index contributed by atoms with van der Waals surface area (Å²) in [5.74, 6) is 0.00734. The van der Waals surface area contributed by atoms with Crippen LogP contribution in [0.2, 0.25) is 0 Å². The molecule has 1 saturated heterocycles. The maximum absolute atomic E-state index is 14.0. The van der Waals surface area contributed by atoms with Gasteiger partial charge in [0.1, 0.15) is 5.83 Å². The van der Waals surface area contributed by atoms with Gasteiger partial charge in [-0.05, 0) is 53.6 Å². The number of allylic oxidation sites excluding steroid dienone is 2. The molecule has 0 radical (unpaired) electrons. The number of aromatic nitrogens is 2. The fourth-order valence-electron chi connectivity index (χ4n) is 5.59. The summed E-state index contributed by atoms with van der Waals surface area (Å²) < 4.78 is 22.0. The number of β-amino-alcohol motifs (C(OH)–C–C–N with tert-alkyl or cyclic N) is 1. The van der Waals surface area contributed by atoms with Crippen molar-refractivity contribution in [3.05, 3.63) is 83.2 Å². The molecular weight excluding hydrogens is 457 g/mol. The molecule has 6 rings (SSSR count). The lowest BCUT2D eigenvalue weighted by molar-refractivity contribution is 0.0600. The molecule has 1 fully saturated rings. The first-order chi connectivity index (χ1) is 17.5. The molecule has 2 aliphatic heterocycles. The fourth-order valence-corrected chi connectivity index (χ4v) is 5.59. The maximum Gasteiger partial charge on any atom is 0.217 e. The normalized spacial score (nSPS) is 26.8. The molecule has 2 unspecified atom stereocenters. The van der Waals surface area contributed by atoms with Gasteiger partial charge in [-0.25, -0.2) is 9.37 Å². The largest absolute Gasteiger partial charge is 0.390 e. The van der Waals surface area contributed by atoms with Gasteiger partial charge >= 0.3 is 0 Å². The summed E-state index contributed by atoms with van der Waals surface area (Å²) in [6, 6.07) is 13.9. The van der Waals surface area contributed by atoms with Crippen LogP contribution in [0.25, 0.3) is 22.7 Å². The number of nitrogens with zero attached hydrogens (tertiary/aromatic N) is 4. The minimum absolute atomic E-state index is 0.124. The molecule has 182 valence electrons. The number of fused-ring (bicyclic) bond motifs is 3. The second-order valence-electron chi connectivity index (χ2n) is 9.62. The van der Waals surface area contributed by atoms with Gasteiger partial charge in [-0.3, -0.25) is 5.32 Å². The summed E-state index contributed by atoms with van der Waals surface area (Å²) in [6.07, 6.45) is 8.05. The minimum Gasteiger partial charge on any atom is -0.390 e. The van der Waals surface area contributed by atoms with E-state index in [1.807, 2.05) is 60.3 Å². The summed E-state index contributed by atoms with van der Waals surface area (Å²) in [5.41, 5.74) is 5.71. The van der Waals surface area contributed by atoms with Crippen molar-refractivity contribution in [3.63, 3.8) is 0 Å². The van der Waals surface area contributed by atoms with Gasteiger partial charge in [0.05, 0.1) is 35.9 Å². The molecule has 0 saturated carbocycles. The maximum atomic E-state index is 14.0. The zero-order chi connectivity index (χ0) is 24.8. The minimum atomic E-state index is -0.556. The molecule has 0 amide bonds. The Bertz CT molecular complexity index is 1470. The molecule has 3 heterocycles. The van der Waals surface area contributed by atoms with E-state index in [9.17, 15) is 14.8 Å². The highest BCUT2D eigenvalue weighted by Gasteiger charge is 2.34. The van der Waals surface area contributed by atoms with Gasteiger partial charge in [0, 0.05) is 19.0 Å². The van der Waals surface area contributed by atoms with Crippen molar-refractivity contribution in [2.45, 2.75) is 24.9 Å². The first kappa shape index (κ1) is 22.7. The number of likely N-dealkylation sites (N-methyl/N-ethyl adjacent to an activating group) is 1. The second kappa shape index (κ2) is 9.03. The predicted octanol–water partition coefficient (Wildman–Crippen LogP) is 4.26. The van der Waals surface area contributed by atoms with E-state index >= 15 is 0 Å². The lowest BCUT2D eigenvalue weighted by Gasteiger charge is -2.24. The van der Waals surface area contributed by atoms with Crippen molar-refractivity contribution in [3.8, 4) is 6.19 Å². The Hall–Kier alpha value is -3.77. The van der Waals surface area contributed by atoms with Crippen LogP contribution in [-0.2, 0) is 11.3 Å². The molecule has 4 atom stereocenters. The highest BCUT2D eigenvalue weighted by Crippen LogP contribution is 2.40. The van der Waals surface area contributed by atoms with Crippen LogP contribution < -0.4 is 5.32 Å². The Kier molecular flexibility index (Phi) is 5.69. The van der Waals surface area contributed by atoms with Gasteiger partial charge in [-0.15, -0.1) is 0 Å². The number of halogens is 1.